The molecular formula is C20H20N6O3S2. The Labute approximate surface area is 187 Å². The fraction of sp³-hybridized carbons (Fsp3) is 0.300. The Morgan fingerprint density at radius 1 is 1.23 bits per heavy atom. The molecule has 0 spiro atoms. The average Bonchev–Trinajstić information content (AvgIpc) is 3.52. The molecule has 1 saturated carbocycles. The van der Waals surface area contributed by atoms with E-state index in [2.05, 4.69) is 20.7 Å². The van der Waals surface area contributed by atoms with Crippen LogP contribution >= 0.6 is 23.6 Å². The number of aromatic nitrogens is 3. The average molecular weight is 457 g/mol. The van der Waals surface area contributed by atoms with Gasteiger partial charge >= 0.3 is 0 Å². The largest absolute Gasteiger partial charge is 0.390 e. The minimum Gasteiger partial charge on any atom is -0.390 e. The normalized spacial score (nSPS) is 27.6. The van der Waals surface area contributed by atoms with Crippen molar-refractivity contribution in [2.24, 2.45) is 5.92 Å². The van der Waals surface area contributed by atoms with E-state index in [1.165, 1.54) is 11.3 Å². The summed E-state index contributed by atoms with van der Waals surface area (Å²) in [7, 11) is 0. The number of amides is 1. The van der Waals surface area contributed by atoms with Crippen molar-refractivity contribution >= 4 is 45.4 Å². The SMILES string of the molecule is O=C(Nc1nccs1)C1CC(O)C(O)C2NC(=S)N(c3ccc(-n4cccn4)cc3)C12. The van der Waals surface area contributed by atoms with Gasteiger partial charge in [0.1, 0.15) is 6.10 Å². The van der Waals surface area contributed by atoms with Crippen molar-refractivity contribution in [1.82, 2.24) is 20.1 Å². The smallest absolute Gasteiger partial charge is 0.231 e. The van der Waals surface area contributed by atoms with Gasteiger partial charge in [0.05, 0.1) is 29.8 Å². The summed E-state index contributed by atoms with van der Waals surface area (Å²) in [6.07, 6.45) is 3.21. The summed E-state index contributed by atoms with van der Waals surface area (Å²) in [5.74, 6) is -0.869. The molecule has 5 atom stereocenters. The zero-order valence-electron chi connectivity index (χ0n) is 16.2. The van der Waals surface area contributed by atoms with Crippen molar-refractivity contribution < 1.29 is 15.0 Å². The lowest BCUT2D eigenvalue weighted by Crippen LogP contribution is -2.60. The number of aliphatic hydroxyl groups is 2. The van der Waals surface area contributed by atoms with Crippen LogP contribution in [0, 0.1) is 5.92 Å². The van der Waals surface area contributed by atoms with Crippen LogP contribution in [0.25, 0.3) is 5.69 Å². The summed E-state index contributed by atoms with van der Waals surface area (Å²) in [4.78, 5) is 19.1. The quantitative estimate of drug-likeness (QED) is 0.432. The lowest BCUT2D eigenvalue weighted by molar-refractivity contribution is -0.126. The number of hydrogen-bond acceptors (Lipinski definition) is 7. The molecule has 4 N–H and O–H groups in total. The van der Waals surface area contributed by atoms with Gasteiger partial charge in [0.2, 0.25) is 5.91 Å². The molecule has 5 rings (SSSR count). The number of aliphatic hydroxyl groups excluding tert-OH is 2. The summed E-state index contributed by atoms with van der Waals surface area (Å²) in [6.45, 7) is 0. The molecule has 0 radical (unpaired) electrons. The van der Waals surface area contributed by atoms with Gasteiger partial charge in [-0.25, -0.2) is 9.67 Å². The molecule has 2 aromatic heterocycles. The molecule has 9 nitrogen and oxygen atoms in total. The third-order valence-corrected chi connectivity index (χ3v) is 6.74. The van der Waals surface area contributed by atoms with Gasteiger partial charge in [-0.3, -0.25) is 4.79 Å². The van der Waals surface area contributed by atoms with Crippen LogP contribution in [0.15, 0.2) is 54.3 Å². The number of nitrogens with zero attached hydrogens (tertiary/aromatic N) is 4. The molecular weight excluding hydrogens is 436 g/mol. The minimum absolute atomic E-state index is 0.117. The Morgan fingerprint density at radius 2 is 2.00 bits per heavy atom. The molecule has 31 heavy (non-hydrogen) atoms. The molecule has 1 saturated heterocycles. The standard InChI is InChI=1S/C20H20N6O3S2/c27-14-10-13(18(29)24-19-21-7-9-31-19)16-15(17(14)28)23-20(30)26(16)12-4-2-11(3-5-12)25-8-1-6-22-25/h1-9,13-17,27-28H,10H2,(H,23,30)(H,21,24,29). The van der Waals surface area contributed by atoms with Crippen molar-refractivity contribution in [1.29, 1.82) is 0 Å². The number of thiazole rings is 1. The zero-order valence-corrected chi connectivity index (χ0v) is 17.8. The Bertz CT molecular complexity index is 1070. The van der Waals surface area contributed by atoms with E-state index in [4.69, 9.17) is 12.2 Å². The first kappa shape index (κ1) is 20.1. The maximum absolute atomic E-state index is 13.1. The van der Waals surface area contributed by atoms with Crippen molar-refractivity contribution in [3.8, 4) is 5.69 Å². The van der Waals surface area contributed by atoms with Crippen LogP contribution in [0.1, 0.15) is 6.42 Å². The number of fused-ring (bicyclic) bond motifs is 1. The molecule has 1 aliphatic carbocycles. The topological polar surface area (TPSA) is 116 Å². The number of thiocarbonyl (C=S) groups is 1. The van der Waals surface area contributed by atoms with Crippen molar-refractivity contribution in [3.05, 3.63) is 54.3 Å². The molecule has 0 bridgehead atoms. The molecule has 11 heteroatoms. The molecule has 2 aliphatic rings. The number of hydrogen-bond donors (Lipinski definition) is 4. The predicted octanol–water partition coefficient (Wildman–Crippen LogP) is 1.14. The van der Waals surface area contributed by atoms with Gasteiger partial charge < -0.3 is 25.7 Å². The van der Waals surface area contributed by atoms with Gasteiger partial charge in [-0.15, -0.1) is 11.3 Å². The summed E-state index contributed by atoms with van der Waals surface area (Å²) in [5.41, 5.74) is 1.68. The Kier molecular flexibility index (Phi) is 5.18. The summed E-state index contributed by atoms with van der Waals surface area (Å²) in [6, 6.07) is 8.45. The van der Waals surface area contributed by atoms with Gasteiger partial charge in [0.25, 0.3) is 0 Å². The summed E-state index contributed by atoms with van der Waals surface area (Å²) < 4.78 is 1.75. The molecule has 1 aromatic carbocycles. The molecule has 3 aromatic rings. The van der Waals surface area contributed by atoms with Crippen LogP contribution in [0.4, 0.5) is 10.8 Å². The molecule has 3 heterocycles. The van der Waals surface area contributed by atoms with E-state index in [0.717, 1.165) is 11.4 Å². The highest BCUT2D eigenvalue weighted by atomic mass is 32.1. The number of rotatable bonds is 4. The molecule has 1 aliphatic heterocycles. The highest BCUT2D eigenvalue weighted by molar-refractivity contribution is 7.80. The highest BCUT2D eigenvalue weighted by Crippen LogP contribution is 2.37. The Hall–Kier alpha value is -2.86. The third-order valence-electron chi connectivity index (χ3n) is 5.74. The Morgan fingerprint density at radius 3 is 2.68 bits per heavy atom. The fourth-order valence-electron chi connectivity index (χ4n) is 4.31. The lowest BCUT2D eigenvalue weighted by atomic mass is 9.77. The van der Waals surface area contributed by atoms with E-state index in [0.29, 0.717) is 10.2 Å². The maximum atomic E-state index is 13.1. The van der Waals surface area contributed by atoms with Crippen LogP contribution in [-0.2, 0) is 4.79 Å². The lowest BCUT2D eigenvalue weighted by Gasteiger charge is -2.41. The van der Waals surface area contributed by atoms with Crippen molar-refractivity contribution in [2.45, 2.75) is 30.7 Å². The summed E-state index contributed by atoms with van der Waals surface area (Å²) >= 11 is 6.88. The van der Waals surface area contributed by atoms with Crippen LogP contribution in [0.5, 0.6) is 0 Å². The maximum Gasteiger partial charge on any atom is 0.231 e. The number of benzene rings is 1. The zero-order chi connectivity index (χ0) is 21.5. The number of nitrogens with one attached hydrogen (secondary N) is 2. The highest BCUT2D eigenvalue weighted by Gasteiger charge is 2.54. The van der Waals surface area contributed by atoms with Crippen LogP contribution < -0.4 is 15.5 Å². The van der Waals surface area contributed by atoms with Crippen LogP contribution in [-0.4, -0.2) is 60.3 Å². The number of carbonyl (C=O) groups is 1. The summed E-state index contributed by atoms with van der Waals surface area (Å²) in [5, 5.41) is 33.8. The molecule has 5 unspecified atom stereocenters. The minimum atomic E-state index is -1.04. The van der Waals surface area contributed by atoms with E-state index in [-0.39, 0.29) is 12.3 Å². The second kappa shape index (κ2) is 8.00. The Balaban J connectivity index is 1.46. The van der Waals surface area contributed by atoms with Gasteiger partial charge in [0.15, 0.2) is 10.2 Å². The van der Waals surface area contributed by atoms with Crippen LogP contribution in [0.3, 0.4) is 0 Å². The number of carbonyl (C=O) groups excluding carboxylic acids is 1. The van der Waals surface area contributed by atoms with Gasteiger partial charge in [-0.2, -0.15) is 5.10 Å². The second-order valence-corrected chi connectivity index (χ2v) is 8.81. The van der Waals surface area contributed by atoms with Crippen molar-refractivity contribution in [2.75, 3.05) is 10.2 Å². The monoisotopic (exact) mass is 456 g/mol. The first-order chi connectivity index (χ1) is 15.0. The fourth-order valence-corrected chi connectivity index (χ4v) is 5.21. The van der Waals surface area contributed by atoms with E-state index in [1.807, 2.05) is 41.4 Å². The molecule has 160 valence electrons. The van der Waals surface area contributed by atoms with Crippen molar-refractivity contribution in [3.63, 3.8) is 0 Å². The first-order valence-electron chi connectivity index (χ1n) is 9.79. The van der Waals surface area contributed by atoms with Gasteiger partial charge in [0, 0.05) is 29.7 Å². The van der Waals surface area contributed by atoms with E-state index in [9.17, 15) is 15.0 Å². The van der Waals surface area contributed by atoms with Crippen LogP contribution in [0.2, 0.25) is 0 Å². The predicted molar refractivity (Wildman–Crippen MR) is 120 cm³/mol. The van der Waals surface area contributed by atoms with E-state index in [1.54, 1.807) is 22.5 Å². The number of anilines is 2. The van der Waals surface area contributed by atoms with Gasteiger partial charge in [-0.1, -0.05) is 0 Å². The van der Waals surface area contributed by atoms with E-state index >= 15 is 0 Å². The molecule has 1 amide bonds. The first-order valence-corrected chi connectivity index (χ1v) is 11.1. The second-order valence-electron chi connectivity index (χ2n) is 7.53. The third kappa shape index (κ3) is 3.59. The van der Waals surface area contributed by atoms with Gasteiger partial charge in [-0.05, 0) is 49.0 Å². The van der Waals surface area contributed by atoms with E-state index < -0.39 is 30.2 Å². The molecule has 2 fully saturated rings.